The molecule has 2 aromatic heterocycles. The number of carbonyl (C=O) groups is 1. The van der Waals surface area contributed by atoms with Crippen molar-refractivity contribution in [3.05, 3.63) is 59.5 Å². The van der Waals surface area contributed by atoms with Crippen molar-refractivity contribution >= 4 is 23.2 Å². The molecule has 0 fully saturated rings. The Balaban J connectivity index is 1.68. The smallest absolute Gasteiger partial charge is 0.261 e. The summed E-state index contributed by atoms with van der Waals surface area (Å²) in [6.07, 6.45) is 1.17. The number of benzene rings is 1. The van der Waals surface area contributed by atoms with Crippen LogP contribution < -0.4 is 10.1 Å². The zero-order chi connectivity index (χ0) is 17.1. The van der Waals surface area contributed by atoms with Crippen molar-refractivity contribution in [3.63, 3.8) is 0 Å². The fourth-order valence-corrected chi connectivity index (χ4v) is 2.52. The number of para-hydroxylation sites is 1. The van der Waals surface area contributed by atoms with Gasteiger partial charge in [-0.15, -0.1) is 10.2 Å². The fourth-order valence-electron chi connectivity index (χ4n) is 2.33. The minimum absolute atomic E-state index is 0.255. The van der Waals surface area contributed by atoms with Crippen LogP contribution in [0.15, 0.2) is 48.7 Å². The summed E-state index contributed by atoms with van der Waals surface area (Å²) in [6, 6.07) is 12.4. The number of rotatable bonds is 5. The van der Waals surface area contributed by atoms with Crippen LogP contribution in [0.25, 0.3) is 5.65 Å². The Morgan fingerprint density at radius 2 is 1.92 bits per heavy atom. The maximum atomic E-state index is 12.4. The highest BCUT2D eigenvalue weighted by molar-refractivity contribution is 6.32. The van der Waals surface area contributed by atoms with Crippen LogP contribution in [0.5, 0.6) is 5.75 Å². The van der Waals surface area contributed by atoms with Crippen molar-refractivity contribution in [2.45, 2.75) is 26.0 Å². The first-order valence-corrected chi connectivity index (χ1v) is 7.95. The number of halogens is 1. The standard InChI is InChI=1S/C17H17ClN4O2/c1-11(16-21-20-15-9-5-6-10-22(15)16)19-17(23)12(2)24-14-8-4-3-7-13(14)18/h3-12H,1-2H3,(H,19,23). The van der Waals surface area contributed by atoms with E-state index in [4.69, 9.17) is 16.3 Å². The molecule has 0 radical (unpaired) electrons. The van der Waals surface area contributed by atoms with Gasteiger partial charge < -0.3 is 10.1 Å². The molecule has 2 atom stereocenters. The van der Waals surface area contributed by atoms with Crippen LogP contribution in [0.1, 0.15) is 25.7 Å². The zero-order valence-electron chi connectivity index (χ0n) is 13.3. The second kappa shape index (κ2) is 6.88. The zero-order valence-corrected chi connectivity index (χ0v) is 14.1. The molecule has 3 aromatic rings. The third kappa shape index (κ3) is 3.33. The molecule has 0 aliphatic rings. The van der Waals surface area contributed by atoms with Gasteiger partial charge in [-0.25, -0.2) is 0 Å². The molecule has 0 saturated heterocycles. The largest absolute Gasteiger partial charge is 0.479 e. The first-order chi connectivity index (χ1) is 11.6. The average Bonchev–Trinajstić information content (AvgIpc) is 3.01. The number of hydrogen-bond acceptors (Lipinski definition) is 4. The topological polar surface area (TPSA) is 68.5 Å². The van der Waals surface area contributed by atoms with E-state index < -0.39 is 6.10 Å². The number of nitrogens with one attached hydrogen (secondary N) is 1. The van der Waals surface area contributed by atoms with E-state index in [9.17, 15) is 4.79 Å². The number of carbonyl (C=O) groups excluding carboxylic acids is 1. The first-order valence-electron chi connectivity index (χ1n) is 7.57. The molecule has 24 heavy (non-hydrogen) atoms. The molecular formula is C17H17ClN4O2. The Morgan fingerprint density at radius 3 is 2.71 bits per heavy atom. The van der Waals surface area contributed by atoms with Crippen LogP contribution >= 0.6 is 11.6 Å². The Kier molecular flexibility index (Phi) is 4.66. The minimum atomic E-state index is -0.688. The molecule has 0 saturated carbocycles. The minimum Gasteiger partial charge on any atom is -0.479 e. The molecular weight excluding hydrogens is 328 g/mol. The molecule has 3 rings (SSSR count). The van der Waals surface area contributed by atoms with Crippen LogP contribution in [-0.2, 0) is 4.79 Å². The van der Waals surface area contributed by atoms with Crippen LogP contribution in [0.3, 0.4) is 0 Å². The Morgan fingerprint density at radius 1 is 1.17 bits per heavy atom. The predicted octanol–water partition coefficient (Wildman–Crippen LogP) is 3.03. The lowest BCUT2D eigenvalue weighted by Gasteiger charge is -2.18. The normalized spacial score (nSPS) is 13.5. The number of nitrogens with zero attached hydrogens (tertiary/aromatic N) is 3. The lowest BCUT2D eigenvalue weighted by atomic mass is 10.2. The summed E-state index contributed by atoms with van der Waals surface area (Å²) in [4.78, 5) is 12.4. The number of amides is 1. The van der Waals surface area contributed by atoms with Gasteiger partial charge in [-0.3, -0.25) is 9.20 Å². The highest BCUT2D eigenvalue weighted by atomic mass is 35.5. The number of aromatic nitrogens is 3. The number of hydrogen-bond donors (Lipinski definition) is 1. The second-order valence-electron chi connectivity index (χ2n) is 5.41. The van der Waals surface area contributed by atoms with Gasteiger partial charge in [0.15, 0.2) is 17.6 Å². The van der Waals surface area contributed by atoms with Crippen molar-refractivity contribution in [3.8, 4) is 5.75 Å². The molecule has 124 valence electrons. The second-order valence-corrected chi connectivity index (χ2v) is 5.82. The monoisotopic (exact) mass is 344 g/mol. The SMILES string of the molecule is CC(Oc1ccccc1Cl)C(=O)NC(C)c1nnc2ccccn12. The van der Waals surface area contributed by atoms with Gasteiger partial charge >= 0.3 is 0 Å². The van der Waals surface area contributed by atoms with E-state index in [-0.39, 0.29) is 11.9 Å². The quantitative estimate of drug-likeness (QED) is 0.772. The molecule has 1 aromatic carbocycles. The van der Waals surface area contributed by atoms with Crippen molar-refractivity contribution in [1.82, 2.24) is 19.9 Å². The summed E-state index contributed by atoms with van der Waals surface area (Å²) in [6.45, 7) is 3.52. The van der Waals surface area contributed by atoms with E-state index in [1.165, 1.54) is 0 Å². The first kappa shape index (κ1) is 16.3. The third-order valence-corrected chi connectivity index (χ3v) is 3.91. The maximum absolute atomic E-state index is 12.4. The Labute approximate surface area is 144 Å². The lowest BCUT2D eigenvalue weighted by Crippen LogP contribution is -2.38. The van der Waals surface area contributed by atoms with Gasteiger partial charge in [0.2, 0.25) is 0 Å². The maximum Gasteiger partial charge on any atom is 0.261 e. The van der Waals surface area contributed by atoms with E-state index >= 15 is 0 Å². The van der Waals surface area contributed by atoms with E-state index in [0.29, 0.717) is 16.6 Å². The van der Waals surface area contributed by atoms with E-state index in [1.807, 2.05) is 35.7 Å². The van der Waals surface area contributed by atoms with Gasteiger partial charge in [-0.2, -0.15) is 0 Å². The lowest BCUT2D eigenvalue weighted by molar-refractivity contribution is -0.128. The van der Waals surface area contributed by atoms with Crippen molar-refractivity contribution < 1.29 is 9.53 Å². The van der Waals surface area contributed by atoms with Gasteiger partial charge in [0.05, 0.1) is 11.1 Å². The van der Waals surface area contributed by atoms with Gasteiger partial charge in [-0.1, -0.05) is 29.8 Å². The van der Waals surface area contributed by atoms with Crippen LogP contribution in [0, 0.1) is 0 Å². The molecule has 1 N–H and O–H groups in total. The Bertz CT molecular complexity index is 864. The number of fused-ring (bicyclic) bond motifs is 1. The summed E-state index contributed by atoms with van der Waals surface area (Å²) in [7, 11) is 0. The summed E-state index contributed by atoms with van der Waals surface area (Å²) in [5, 5.41) is 11.6. The molecule has 6 nitrogen and oxygen atoms in total. The van der Waals surface area contributed by atoms with Crippen LogP contribution in [0.4, 0.5) is 0 Å². The summed E-state index contributed by atoms with van der Waals surface area (Å²) in [5.41, 5.74) is 0.731. The van der Waals surface area contributed by atoms with E-state index in [0.717, 1.165) is 5.65 Å². The molecule has 0 aliphatic heterocycles. The summed E-state index contributed by atoms with van der Waals surface area (Å²) >= 11 is 6.05. The summed E-state index contributed by atoms with van der Waals surface area (Å²) < 4.78 is 7.46. The summed E-state index contributed by atoms with van der Waals surface area (Å²) in [5.74, 6) is 0.876. The van der Waals surface area contributed by atoms with E-state index in [2.05, 4.69) is 15.5 Å². The van der Waals surface area contributed by atoms with Gasteiger partial charge in [0.25, 0.3) is 5.91 Å². The molecule has 0 bridgehead atoms. The molecule has 2 unspecified atom stereocenters. The van der Waals surface area contributed by atoms with Crippen molar-refractivity contribution in [2.75, 3.05) is 0 Å². The number of ether oxygens (including phenoxy) is 1. The molecule has 2 heterocycles. The van der Waals surface area contributed by atoms with Crippen LogP contribution in [-0.4, -0.2) is 26.6 Å². The van der Waals surface area contributed by atoms with E-state index in [1.54, 1.807) is 31.2 Å². The Hall–Kier alpha value is -2.60. The highest BCUT2D eigenvalue weighted by Gasteiger charge is 2.21. The fraction of sp³-hybridized carbons (Fsp3) is 0.235. The highest BCUT2D eigenvalue weighted by Crippen LogP contribution is 2.24. The van der Waals surface area contributed by atoms with Crippen LogP contribution in [0.2, 0.25) is 5.02 Å². The van der Waals surface area contributed by atoms with Gasteiger partial charge in [0.1, 0.15) is 5.75 Å². The van der Waals surface area contributed by atoms with Gasteiger partial charge in [-0.05, 0) is 38.1 Å². The molecule has 0 aliphatic carbocycles. The number of pyridine rings is 1. The van der Waals surface area contributed by atoms with Crippen molar-refractivity contribution in [2.24, 2.45) is 0 Å². The third-order valence-electron chi connectivity index (χ3n) is 3.60. The molecule has 1 amide bonds. The molecule has 7 heteroatoms. The van der Waals surface area contributed by atoms with Gasteiger partial charge in [0, 0.05) is 6.20 Å². The average molecular weight is 345 g/mol. The van der Waals surface area contributed by atoms with Crippen molar-refractivity contribution in [1.29, 1.82) is 0 Å². The predicted molar refractivity (Wildman–Crippen MR) is 91.1 cm³/mol. The molecule has 0 spiro atoms.